The van der Waals surface area contributed by atoms with E-state index in [0.717, 1.165) is 11.1 Å². The van der Waals surface area contributed by atoms with Gasteiger partial charge in [0.05, 0.1) is 31.8 Å². The molecule has 1 aromatic heterocycles. The standard InChI is InChI=1S/C28H25F2N3O4/c1-37-26-12-17(13-28(35)36)2-4-22(26)20-5-6-24(30)21-8-10-32(16-23(20)21)27(34)9-11-33-25-7-3-19(29)14-18(25)15-31-33/h2-7,12,14-15H,8-11,13,16H2,1H3,(H,35,36). The van der Waals surface area contributed by atoms with E-state index < -0.39 is 5.97 Å². The van der Waals surface area contributed by atoms with Crippen LogP contribution in [0.4, 0.5) is 8.78 Å². The Morgan fingerprint density at radius 1 is 1.05 bits per heavy atom. The number of methoxy groups -OCH3 is 1. The van der Waals surface area contributed by atoms with Crippen LogP contribution in [-0.2, 0) is 35.5 Å². The van der Waals surface area contributed by atoms with E-state index in [1.807, 2.05) is 0 Å². The van der Waals surface area contributed by atoms with Crippen LogP contribution in [0.1, 0.15) is 23.1 Å². The lowest BCUT2D eigenvalue weighted by atomic mass is 9.89. The quantitative estimate of drug-likeness (QED) is 0.397. The third-order valence-corrected chi connectivity index (χ3v) is 6.76. The van der Waals surface area contributed by atoms with Crippen LogP contribution < -0.4 is 4.74 Å². The maximum absolute atomic E-state index is 14.8. The van der Waals surface area contributed by atoms with Gasteiger partial charge in [-0.3, -0.25) is 14.3 Å². The maximum atomic E-state index is 14.8. The van der Waals surface area contributed by atoms with E-state index in [1.165, 1.54) is 25.3 Å². The number of carbonyl (C=O) groups excluding carboxylic acids is 1. The topological polar surface area (TPSA) is 84.7 Å². The van der Waals surface area contributed by atoms with Crippen LogP contribution in [0.3, 0.4) is 0 Å². The van der Waals surface area contributed by atoms with Gasteiger partial charge in [0.25, 0.3) is 0 Å². The summed E-state index contributed by atoms with van der Waals surface area (Å²) in [4.78, 5) is 26.0. The number of carbonyl (C=O) groups is 2. The van der Waals surface area contributed by atoms with Gasteiger partial charge in [-0.15, -0.1) is 0 Å². The first-order valence-corrected chi connectivity index (χ1v) is 11.9. The molecular formula is C28H25F2N3O4. The second-order valence-electron chi connectivity index (χ2n) is 9.04. The van der Waals surface area contributed by atoms with E-state index >= 15 is 0 Å². The Hall–Kier alpha value is -4.27. The molecule has 0 spiro atoms. The number of carboxylic acids is 1. The van der Waals surface area contributed by atoms with E-state index in [2.05, 4.69) is 5.10 Å². The van der Waals surface area contributed by atoms with Gasteiger partial charge >= 0.3 is 5.97 Å². The third kappa shape index (κ3) is 4.89. The number of aryl methyl sites for hydroxylation is 1. The average molecular weight is 506 g/mol. The lowest BCUT2D eigenvalue weighted by Gasteiger charge is -2.31. The van der Waals surface area contributed by atoms with E-state index in [1.54, 1.807) is 46.1 Å². The Bertz CT molecular complexity index is 1520. The largest absolute Gasteiger partial charge is 0.496 e. The molecule has 3 aromatic carbocycles. The van der Waals surface area contributed by atoms with Crippen LogP contribution in [0.5, 0.6) is 5.75 Å². The highest BCUT2D eigenvalue weighted by molar-refractivity contribution is 5.81. The smallest absolute Gasteiger partial charge is 0.307 e. The molecule has 0 saturated carbocycles. The SMILES string of the molecule is COc1cc(CC(=O)O)ccc1-c1ccc(F)c2c1CN(C(=O)CCn1ncc3cc(F)ccc31)CC2. The minimum absolute atomic E-state index is 0.0876. The summed E-state index contributed by atoms with van der Waals surface area (Å²) in [5, 5.41) is 14.1. The molecular weight excluding hydrogens is 480 g/mol. The number of rotatable bonds is 7. The number of amides is 1. The Balaban J connectivity index is 1.38. The number of aromatic nitrogens is 2. The molecule has 1 aliphatic rings. The fourth-order valence-electron chi connectivity index (χ4n) is 4.94. The molecule has 2 heterocycles. The Morgan fingerprint density at radius 3 is 2.65 bits per heavy atom. The average Bonchev–Trinajstić information content (AvgIpc) is 3.29. The highest BCUT2D eigenvalue weighted by Crippen LogP contribution is 2.37. The van der Waals surface area contributed by atoms with Crippen molar-refractivity contribution >= 4 is 22.8 Å². The molecule has 1 amide bonds. The van der Waals surface area contributed by atoms with E-state index in [9.17, 15) is 18.4 Å². The molecule has 5 rings (SSSR count). The normalized spacial score (nSPS) is 13.0. The van der Waals surface area contributed by atoms with Gasteiger partial charge in [-0.25, -0.2) is 8.78 Å². The summed E-state index contributed by atoms with van der Waals surface area (Å²) in [5.74, 6) is -1.21. The molecule has 0 fully saturated rings. The molecule has 0 aliphatic carbocycles. The third-order valence-electron chi connectivity index (χ3n) is 6.76. The molecule has 0 bridgehead atoms. The first-order valence-electron chi connectivity index (χ1n) is 11.9. The Morgan fingerprint density at radius 2 is 1.86 bits per heavy atom. The second kappa shape index (κ2) is 10.0. The minimum Gasteiger partial charge on any atom is -0.496 e. The molecule has 0 radical (unpaired) electrons. The van der Waals surface area contributed by atoms with Crippen LogP contribution in [0, 0.1) is 11.6 Å². The summed E-state index contributed by atoms with van der Waals surface area (Å²) < 4.78 is 35.4. The highest BCUT2D eigenvalue weighted by atomic mass is 19.1. The van der Waals surface area contributed by atoms with Gasteiger partial charge in [0.1, 0.15) is 17.4 Å². The summed E-state index contributed by atoms with van der Waals surface area (Å²) in [6.45, 7) is 0.977. The van der Waals surface area contributed by atoms with Crippen molar-refractivity contribution < 1.29 is 28.2 Å². The monoisotopic (exact) mass is 505 g/mol. The van der Waals surface area contributed by atoms with Gasteiger partial charge in [-0.1, -0.05) is 18.2 Å². The molecule has 0 atom stereocenters. The molecule has 1 aliphatic heterocycles. The first-order chi connectivity index (χ1) is 17.8. The summed E-state index contributed by atoms with van der Waals surface area (Å²) in [6.07, 6.45) is 2.01. The van der Waals surface area contributed by atoms with Gasteiger partial charge in [0.15, 0.2) is 0 Å². The van der Waals surface area contributed by atoms with Crippen LogP contribution in [0.2, 0.25) is 0 Å². The van der Waals surface area contributed by atoms with E-state index in [0.29, 0.717) is 52.9 Å². The van der Waals surface area contributed by atoms with Gasteiger partial charge in [-0.2, -0.15) is 5.10 Å². The van der Waals surface area contributed by atoms with Crippen molar-refractivity contribution in [2.75, 3.05) is 13.7 Å². The molecule has 4 aromatic rings. The lowest BCUT2D eigenvalue weighted by molar-refractivity contribution is -0.136. The number of hydrogen-bond donors (Lipinski definition) is 1. The zero-order valence-electron chi connectivity index (χ0n) is 20.2. The fraction of sp³-hybridized carbons (Fsp3) is 0.250. The minimum atomic E-state index is -0.946. The summed E-state index contributed by atoms with van der Waals surface area (Å²) in [6, 6.07) is 12.7. The molecule has 9 heteroatoms. The number of carboxylic acid groups (broad SMARTS) is 1. The van der Waals surface area contributed by atoms with Crippen molar-refractivity contribution in [3.63, 3.8) is 0 Å². The highest BCUT2D eigenvalue weighted by Gasteiger charge is 2.26. The van der Waals surface area contributed by atoms with Crippen LogP contribution in [-0.4, -0.2) is 45.3 Å². The number of fused-ring (bicyclic) bond motifs is 2. The van der Waals surface area contributed by atoms with Crippen molar-refractivity contribution in [3.8, 4) is 16.9 Å². The van der Waals surface area contributed by atoms with Gasteiger partial charge in [0.2, 0.25) is 5.91 Å². The molecule has 1 N–H and O–H groups in total. The summed E-state index contributed by atoms with van der Waals surface area (Å²) >= 11 is 0. The fourth-order valence-corrected chi connectivity index (χ4v) is 4.94. The predicted molar refractivity (Wildman–Crippen MR) is 133 cm³/mol. The van der Waals surface area contributed by atoms with Crippen molar-refractivity contribution in [2.24, 2.45) is 0 Å². The van der Waals surface area contributed by atoms with E-state index in [4.69, 9.17) is 9.84 Å². The lowest BCUT2D eigenvalue weighted by Crippen LogP contribution is -2.37. The van der Waals surface area contributed by atoms with Crippen LogP contribution in [0.15, 0.2) is 54.7 Å². The van der Waals surface area contributed by atoms with Gasteiger partial charge in [0, 0.05) is 30.5 Å². The zero-order chi connectivity index (χ0) is 26.1. The Kier molecular flexibility index (Phi) is 6.60. The van der Waals surface area contributed by atoms with E-state index in [-0.39, 0.29) is 36.9 Å². The van der Waals surface area contributed by atoms with Crippen molar-refractivity contribution in [3.05, 3.63) is 83.1 Å². The number of hydrogen-bond acceptors (Lipinski definition) is 4. The van der Waals surface area contributed by atoms with Gasteiger partial charge < -0.3 is 14.7 Å². The summed E-state index contributed by atoms with van der Waals surface area (Å²) in [5.41, 5.74) is 4.07. The van der Waals surface area contributed by atoms with Crippen molar-refractivity contribution in [1.82, 2.24) is 14.7 Å². The summed E-state index contributed by atoms with van der Waals surface area (Å²) in [7, 11) is 1.50. The predicted octanol–water partition coefficient (Wildman–Crippen LogP) is 4.59. The number of ether oxygens (including phenoxy) is 1. The number of benzene rings is 3. The van der Waals surface area contributed by atoms with Crippen LogP contribution >= 0.6 is 0 Å². The number of nitrogens with zero attached hydrogens (tertiary/aromatic N) is 3. The molecule has 37 heavy (non-hydrogen) atoms. The molecule has 190 valence electrons. The van der Waals surface area contributed by atoms with Crippen molar-refractivity contribution in [2.45, 2.75) is 32.4 Å². The number of aliphatic carboxylic acids is 1. The van der Waals surface area contributed by atoms with Gasteiger partial charge in [-0.05, 0) is 59.0 Å². The second-order valence-corrected chi connectivity index (χ2v) is 9.04. The molecule has 0 saturated heterocycles. The maximum Gasteiger partial charge on any atom is 0.307 e. The number of halogens is 2. The Labute approximate surface area is 211 Å². The molecule has 7 nitrogen and oxygen atoms in total. The van der Waals surface area contributed by atoms with Crippen LogP contribution in [0.25, 0.3) is 22.0 Å². The first kappa shape index (κ1) is 24.4. The van der Waals surface area contributed by atoms with Crippen molar-refractivity contribution in [1.29, 1.82) is 0 Å². The molecule has 0 unspecified atom stereocenters. The zero-order valence-corrected chi connectivity index (χ0v) is 20.2.